The lowest BCUT2D eigenvalue weighted by atomic mass is 9.80. The van der Waals surface area contributed by atoms with Gasteiger partial charge in [-0.05, 0) is 24.6 Å². The molecule has 2 aromatic rings. The average Bonchev–Trinajstić information content (AvgIpc) is 2.84. The van der Waals surface area contributed by atoms with E-state index in [0.717, 1.165) is 17.8 Å². The van der Waals surface area contributed by atoms with Gasteiger partial charge in [0, 0.05) is 12.7 Å². The number of aromatic nitrogens is 1. The Hall–Kier alpha value is -1.83. The zero-order chi connectivity index (χ0) is 11.2. The molecule has 0 radical (unpaired) electrons. The van der Waals surface area contributed by atoms with Gasteiger partial charge in [-0.25, -0.2) is 0 Å². The third-order valence-corrected chi connectivity index (χ3v) is 3.46. The molecule has 0 fully saturated rings. The van der Waals surface area contributed by atoms with Gasteiger partial charge in [0.25, 0.3) is 0 Å². The van der Waals surface area contributed by atoms with Crippen molar-refractivity contribution in [3.05, 3.63) is 59.9 Å². The Morgan fingerprint density at radius 2 is 1.88 bits per heavy atom. The molecule has 1 atom stereocenters. The van der Waals surface area contributed by atoms with Gasteiger partial charge in [-0.2, -0.15) is 0 Å². The number of fused-ring (bicyclic) bond motifs is 1. The van der Waals surface area contributed by atoms with Gasteiger partial charge in [-0.1, -0.05) is 30.3 Å². The molecule has 1 aliphatic rings. The van der Waals surface area contributed by atoms with E-state index in [0.29, 0.717) is 0 Å². The molecule has 0 aliphatic carbocycles. The van der Waals surface area contributed by atoms with Crippen LogP contribution in [0.3, 0.4) is 0 Å². The maximum absolute atomic E-state index is 12.4. The first-order valence-electron chi connectivity index (χ1n) is 5.47. The van der Waals surface area contributed by atoms with Crippen LogP contribution in [0.1, 0.15) is 23.0 Å². The summed E-state index contributed by atoms with van der Waals surface area (Å²) in [5.74, 6) is 0.226. The van der Waals surface area contributed by atoms with E-state index in [1.54, 1.807) is 0 Å². The van der Waals surface area contributed by atoms with Gasteiger partial charge in [0.05, 0.1) is 11.1 Å². The van der Waals surface area contributed by atoms with E-state index in [1.807, 2.05) is 60.2 Å². The van der Waals surface area contributed by atoms with E-state index < -0.39 is 5.41 Å². The molecular formula is C14H13NO. The molecule has 0 bridgehead atoms. The minimum absolute atomic E-state index is 0.226. The zero-order valence-corrected chi connectivity index (χ0v) is 9.18. The Morgan fingerprint density at radius 1 is 1.12 bits per heavy atom. The van der Waals surface area contributed by atoms with Crippen molar-refractivity contribution >= 4 is 5.78 Å². The number of rotatable bonds is 1. The van der Waals surface area contributed by atoms with Crippen LogP contribution in [0.2, 0.25) is 0 Å². The van der Waals surface area contributed by atoms with E-state index in [9.17, 15) is 4.79 Å². The van der Waals surface area contributed by atoms with Crippen LogP contribution in [0.25, 0.3) is 0 Å². The number of carbonyl (C=O) groups excluding carboxylic acids is 1. The van der Waals surface area contributed by atoms with Crippen LogP contribution in [0.4, 0.5) is 0 Å². The van der Waals surface area contributed by atoms with E-state index in [2.05, 4.69) is 0 Å². The number of benzene rings is 1. The fourth-order valence-electron chi connectivity index (χ4n) is 2.48. The Morgan fingerprint density at radius 3 is 2.56 bits per heavy atom. The van der Waals surface area contributed by atoms with Gasteiger partial charge in [0.1, 0.15) is 0 Å². The maximum atomic E-state index is 12.4. The lowest BCUT2D eigenvalue weighted by Gasteiger charge is -2.21. The van der Waals surface area contributed by atoms with Crippen LogP contribution in [-0.2, 0) is 12.0 Å². The molecule has 0 spiro atoms. The number of ketones is 1. The molecule has 0 unspecified atom stereocenters. The third kappa shape index (κ3) is 1.10. The Kier molecular flexibility index (Phi) is 1.81. The van der Waals surface area contributed by atoms with Crippen molar-refractivity contribution in [1.82, 2.24) is 4.57 Å². The third-order valence-electron chi connectivity index (χ3n) is 3.46. The highest BCUT2D eigenvalue weighted by atomic mass is 16.1. The maximum Gasteiger partial charge on any atom is 0.191 e. The summed E-state index contributed by atoms with van der Waals surface area (Å²) in [5, 5.41) is 0. The first-order valence-corrected chi connectivity index (χ1v) is 5.47. The van der Waals surface area contributed by atoms with Crippen LogP contribution in [0.15, 0.2) is 48.7 Å². The van der Waals surface area contributed by atoms with Crippen molar-refractivity contribution in [1.29, 1.82) is 0 Å². The molecule has 80 valence electrons. The highest BCUT2D eigenvalue weighted by Gasteiger charge is 2.42. The summed E-state index contributed by atoms with van der Waals surface area (Å²) < 4.78 is 2.04. The van der Waals surface area contributed by atoms with Gasteiger partial charge < -0.3 is 4.57 Å². The predicted octanol–water partition coefficient (Wildman–Crippen LogP) is 2.64. The number of hydrogen-bond donors (Lipinski definition) is 0. The smallest absolute Gasteiger partial charge is 0.191 e. The van der Waals surface area contributed by atoms with Crippen LogP contribution >= 0.6 is 0 Å². The molecule has 2 heteroatoms. The first-order chi connectivity index (χ1) is 7.72. The monoisotopic (exact) mass is 211 g/mol. The van der Waals surface area contributed by atoms with Crippen molar-refractivity contribution in [3.63, 3.8) is 0 Å². The van der Waals surface area contributed by atoms with E-state index >= 15 is 0 Å². The lowest BCUT2D eigenvalue weighted by molar-refractivity contribution is 0.0914. The summed E-state index contributed by atoms with van der Waals surface area (Å²) in [5.41, 5.74) is 1.53. The van der Waals surface area contributed by atoms with Gasteiger partial charge in [0.15, 0.2) is 5.78 Å². The largest absolute Gasteiger partial charge is 0.344 e. The van der Waals surface area contributed by atoms with Gasteiger partial charge in [0.2, 0.25) is 0 Å². The molecule has 1 aliphatic heterocycles. The zero-order valence-electron chi connectivity index (χ0n) is 9.18. The Bertz CT molecular complexity index is 541. The summed E-state index contributed by atoms with van der Waals surface area (Å²) >= 11 is 0. The number of hydrogen-bond acceptors (Lipinski definition) is 1. The molecule has 16 heavy (non-hydrogen) atoms. The fraction of sp³-hybridized carbons (Fsp3) is 0.214. The second kappa shape index (κ2) is 3.08. The van der Waals surface area contributed by atoms with Crippen molar-refractivity contribution in [2.24, 2.45) is 0 Å². The van der Waals surface area contributed by atoms with Crippen LogP contribution in [-0.4, -0.2) is 10.4 Å². The highest BCUT2D eigenvalue weighted by Crippen LogP contribution is 2.35. The Balaban J connectivity index is 2.10. The summed E-state index contributed by atoms with van der Waals surface area (Å²) in [6.45, 7) is 2.77. The normalized spacial score (nSPS) is 23.4. The van der Waals surface area contributed by atoms with Crippen molar-refractivity contribution in [3.8, 4) is 0 Å². The number of nitrogens with zero attached hydrogens (tertiary/aromatic N) is 1. The Labute approximate surface area is 94.5 Å². The summed E-state index contributed by atoms with van der Waals surface area (Å²) in [7, 11) is 0. The molecule has 0 N–H and O–H groups in total. The second-order valence-corrected chi connectivity index (χ2v) is 4.55. The average molecular weight is 211 g/mol. The SMILES string of the molecule is C[C@]1(c2ccccc2)Cn2cccc2C1=O. The molecule has 2 heterocycles. The fourth-order valence-corrected chi connectivity index (χ4v) is 2.48. The lowest BCUT2D eigenvalue weighted by Crippen LogP contribution is -2.29. The number of Topliss-reactive ketones (excluding diaryl/α,β-unsaturated/α-hetero) is 1. The molecule has 1 aromatic heterocycles. The summed E-state index contributed by atoms with van der Waals surface area (Å²) in [6.07, 6.45) is 1.97. The van der Waals surface area contributed by atoms with Gasteiger partial charge in [-0.15, -0.1) is 0 Å². The second-order valence-electron chi connectivity index (χ2n) is 4.55. The standard InChI is InChI=1S/C14H13NO/c1-14(11-6-3-2-4-7-11)10-15-9-5-8-12(15)13(14)16/h2-9H,10H2,1H3/t14-/m1/s1. The van der Waals surface area contributed by atoms with Crippen molar-refractivity contribution < 1.29 is 4.79 Å². The molecule has 2 nitrogen and oxygen atoms in total. The van der Waals surface area contributed by atoms with Crippen LogP contribution in [0, 0.1) is 0 Å². The van der Waals surface area contributed by atoms with E-state index in [-0.39, 0.29) is 5.78 Å². The van der Waals surface area contributed by atoms with Crippen molar-refractivity contribution in [2.45, 2.75) is 18.9 Å². The molecule has 3 rings (SSSR count). The topological polar surface area (TPSA) is 22.0 Å². The van der Waals surface area contributed by atoms with E-state index in [1.165, 1.54) is 0 Å². The quantitative estimate of drug-likeness (QED) is 0.710. The highest BCUT2D eigenvalue weighted by molar-refractivity contribution is 6.04. The minimum atomic E-state index is -0.391. The van der Waals surface area contributed by atoms with Crippen molar-refractivity contribution in [2.75, 3.05) is 0 Å². The molecule has 1 aromatic carbocycles. The van der Waals surface area contributed by atoms with E-state index in [4.69, 9.17) is 0 Å². The molecular weight excluding hydrogens is 198 g/mol. The minimum Gasteiger partial charge on any atom is -0.344 e. The van der Waals surface area contributed by atoms with Gasteiger partial charge >= 0.3 is 0 Å². The summed E-state index contributed by atoms with van der Waals surface area (Å²) in [4.78, 5) is 12.4. The van der Waals surface area contributed by atoms with Crippen LogP contribution < -0.4 is 0 Å². The van der Waals surface area contributed by atoms with Crippen LogP contribution in [0.5, 0.6) is 0 Å². The number of carbonyl (C=O) groups is 1. The molecule has 0 amide bonds. The molecule has 0 saturated carbocycles. The molecule has 0 saturated heterocycles. The van der Waals surface area contributed by atoms with Gasteiger partial charge in [-0.3, -0.25) is 4.79 Å². The first kappa shape index (κ1) is 9.40. The summed E-state index contributed by atoms with van der Waals surface area (Å²) in [6, 6.07) is 13.8. The predicted molar refractivity (Wildman–Crippen MR) is 62.6 cm³/mol.